The Balaban J connectivity index is 0.00000141. The van der Waals surface area contributed by atoms with Crippen LogP contribution in [0.3, 0.4) is 0 Å². The third-order valence-corrected chi connectivity index (χ3v) is 7.41. The number of halogens is 1. The Hall–Kier alpha value is -3.64. The van der Waals surface area contributed by atoms with E-state index in [-0.39, 0.29) is 11.7 Å². The zero-order valence-corrected chi connectivity index (χ0v) is 26.6. The largest absolute Gasteiger partial charge is 0.383 e. The monoisotopic (exact) mass is 576 g/mol. The Morgan fingerprint density at radius 3 is 2.27 bits per heavy atom. The molecule has 41 heavy (non-hydrogen) atoms. The molecule has 4 rings (SSSR count). The van der Waals surface area contributed by atoms with Crippen molar-refractivity contribution in [1.82, 2.24) is 0 Å². The van der Waals surface area contributed by atoms with Crippen molar-refractivity contribution in [1.29, 1.82) is 0 Å². The van der Waals surface area contributed by atoms with Gasteiger partial charge in [0.25, 0.3) is 5.91 Å². The first-order valence-corrected chi connectivity index (χ1v) is 14.9. The van der Waals surface area contributed by atoms with Crippen LogP contribution in [-0.2, 0) is 17.6 Å². The first-order chi connectivity index (χ1) is 19.6. The van der Waals surface area contributed by atoms with E-state index >= 15 is 0 Å². The molecule has 0 fully saturated rings. The number of fused-ring (bicyclic) bond motifs is 1. The Morgan fingerprint density at radius 1 is 1.10 bits per heavy atom. The van der Waals surface area contributed by atoms with Crippen LogP contribution in [0.25, 0.3) is 0 Å². The number of carbonyl (C=O) groups is 2. The number of hydrogen-bond donors (Lipinski definition) is 1. The van der Waals surface area contributed by atoms with Gasteiger partial charge in [0.2, 0.25) is 0 Å². The summed E-state index contributed by atoms with van der Waals surface area (Å²) < 4.78 is 0. The van der Waals surface area contributed by atoms with Gasteiger partial charge >= 0.3 is 0 Å². The predicted octanol–water partition coefficient (Wildman–Crippen LogP) is 7.96. The first kappa shape index (κ1) is 33.6. The van der Waals surface area contributed by atoms with Gasteiger partial charge in [-0.15, -0.1) is 0 Å². The average molecular weight is 577 g/mol. The van der Waals surface area contributed by atoms with Crippen molar-refractivity contribution in [2.24, 2.45) is 10.7 Å². The van der Waals surface area contributed by atoms with Crippen LogP contribution in [0.4, 0.5) is 11.4 Å². The summed E-state index contributed by atoms with van der Waals surface area (Å²) in [5.74, 6) is 0.681. The molecule has 2 aliphatic rings. The van der Waals surface area contributed by atoms with Gasteiger partial charge in [-0.1, -0.05) is 82.6 Å². The maximum absolute atomic E-state index is 13.5. The average Bonchev–Trinajstić information content (AvgIpc) is 2.98. The molecular formula is C34H45ClN4O2. The lowest BCUT2D eigenvalue weighted by atomic mass is 9.97. The summed E-state index contributed by atoms with van der Waals surface area (Å²) in [4.78, 5) is 34.0. The van der Waals surface area contributed by atoms with Gasteiger partial charge in [-0.3, -0.25) is 19.5 Å². The number of rotatable bonds is 7. The fraction of sp³-hybridized carbons (Fsp3) is 0.382. The lowest BCUT2D eigenvalue weighted by molar-refractivity contribution is -0.118. The molecule has 2 aromatic carbocycles. The van der Waals surface area contributed by atoms with Crippen LogP contribution in [0.1, 0.15) is 82.8 Å². The molecule has 6 nitrogen and oxygen atoms in total. The molecule has 2 aromatic rings. The van der Waals surface area contributed by atoms with Gasteiger partial charge in [0, 0.05) is 24.1 Å². The number of anilines is 2. The van der Waals surface area contributed by atoms with Gasteiger partial charge in [-0.25, -0.2) is 0 Å². The fourth-order valence-corrected chi connectivity index (χ4v) is 5.13. The number of allylic oxidation sites excluding steroid dienone is 2. The van der Waals surface area contributed by atoms with Gasteiger partial charge in [-0.2, -0.15) is 0 Å². The smallest absolute Gasteiger partial charge is 0.266 e. The maximum Gasteiger partial charge on any atom is 0.266 e. The zero-order chi connectivity index (χ0) is 30.9. The van der Waals surface area contributed by atoms with Crippen LogP contribution >= 0.6 is 11.6 Å². The van der Waals surface area contributed by atoms with E-state index in [9.17, 15) is 9.59 Å². The second kappa shape index (κ2) is 15.4. The highest BCUT2D eigenvalue weighted by atomic mass is 35.5. The summed E-state index contributed by atoms with van der Waals surface area (Å²) in [6.45, 7) is 17.7. The van der Waals surface area contributed by atoms with Crippen molar-refractivity contribution in [3.05, 3.63) is 93.8 Å². The van der Waals surface area contributed by atoms with Crippen molar-refractivity contribution in [3.8, 4) is 0 Å². The number of ketones is 1. The first-order valence-electron chi connectivity index (χ1n) is 14.5. The van der Waals surface area contributed by atoms with Crippen molar-refractivity contribution in [2.45, 2.75) is 80.2 Å². The van der Waals surface area contributed by atoms with E-state index in [4.69, 9.17) is 17.3 Å². The van der Waals surface area contributed by atoms with E-state index in [1.165, 1.54) is 6.92 Å². The summed E-state index contributed by atoms with van der Waals surface area (Å²) in [5.41, 5.74) is 12.3. The quantitative estimate of drug-likeness (QED) is 0.268. The number of aryl methyl sites for hydroxylation is 1. The van der Waals surface area contributed by atoms with Gasteiger partial charge in [0.05, 0.1) is 16.9 Å². The number of benzene rings is 2. The summed E-state index contributed by atoms with van der Waals surface area (Å²) in [7, 11) is 1.91. The molecule has 2 N–H and O–H groups in total. The van der Waals surface area contributed by atoms with Crippen molar-refractivity contribution in [3.63, 3.8) is 0 Å². The van der Waals surface area contributed by atoms with Crippen LogP contribution in [0.5, 0.6) is 0 Å². The number of amidine groups is 1. The van der Waals surface area contributed by atoms with E-state index in [1.807, 2.05) is 95.1 Å². The van der Waals surface area contributed by atoms with E-state index in [2.05, 4.69) is 18.5 Å². The van der Waals surface area contributed by atoms with Crippen molar-refractivity contribution in [2.75, 3.05) is 16.8 Å². The van der Waals surface area contributed by atoms with E-state index in [0.29, 0.717) is 34.4 Å². The molecule has 0 saturated carbocycles. The van der Waals surface area contributed by atoms with Gasteiger partial charge in [0.1, 0.15) is 17.7 Å². The number of hydrogen-bond acceptors (Lipinski definition) is 4. The third kappa shape index (κ3) is 7.56. The lowest BCUT2D eigenvalue weighted by Crippen LogP contribution is -2.42. The Bertz CT molecular complexity index is 1360. The molecule has 1 heterocycles. The molecule has 7 heteroatoms. The molecular weight excluding hydrogens is 532 g/mol. The van der Waals surface area contributed by atoms with Gasteiger partial charge < -0.3 is 10.6 Å². The van der Waals surface area contributed by atoms with E-state index in [1.54, 1.807) is 4.90 Å². The Morgan fingerprint density at radius 2 is 1.71 bits per heavy atom. The molecule has 0 radical (unpaired) electrons. The molecule has 1 aliphatic carbocycles. The number of carbonyl (C=O) groups excluding carboxylic acids is 2. The normalized spacial score (nSPS) is 15.7. The molecule has 1 atom stereocenters. The SMILES string of the molecule is C=C1N(C)c2ccc(CC)cc2C(=O)N1c1ccc(CC(N=C(N)C2=C(C)CCC=C2Cl)C(C)=O)cc1.CC.CC. The molecule has 0 aromatic heterocycles. The zero-order valence-electron chi connectivity index (χ0n) is 25.8. The minimum absolute atomic E-state index is 0.0780. The molecule has 1 amide bonds. The fourth-order valence-electron chi connectivity index (χ4n) is 4.76. The minimum atomic E-state index is -0.630. The standard InChI is InChI=1S/C30H33ClN4O2.2C2H6/c1-6-21-12-15-27-24(16-21)30(37)35(20(4)34(27)5)23-13-10-22(11-14-23)17-26(19(3)36)33-29(32)28-18(2)8-7-9-25(28)31;2*1-2/h9-16,26H,4,6-8,17H2,1-3,5H3,(H2,32,33);2*1-2H3. The number of amides is 1. The van der Waals surface area contributed by atoms with Gasteiger partial charge in [0.15, 0.2) is 5.78 Å². The molecule has 220 valence electrons. The van der Waals surface area contributed by atoms with E-state index in [0.717, 1.165) is 47.2 Å². The highest BCUT2D eigenvalue weighted by molar-refractivity contribution is 6.36. The summed E-state index contributed by atoms with van der Waals surface area (Å²) in [5, 5.41) is 0.584. The lowest BCUT2D eigenvalue weighted by Gasteiger charge is -2.37. The molecule has 0 saturated heterocycles. The van der Waals surface area contributed by atoms with Crippen LogP contribution in [0, 0.1) is 0 Å². The predicted molar refractivity (Wildman–Crippen MR) is 175 cm³/mol. The second-order valence-corrected chi connectivity index (χ2v) is 9.99. The summed E-state index contributed by atoms with van der Waals surface area (Å²) >= 11 is 6.38. The topological polar surface area (TPSA) is 79.0 Å². The van der Waals surface area contributed by atoms with Gasteiger partial charge in [-0.05, 0) is 68.5 Å². The molecule has 1 aliphatic heterocycles. The number of nitrogens with two attached hydrogens (primary N) is 1. The Labute approximate surface area is 251 Å². The van der Waals surface area contributed by atoms with E-state index < -0.39 is 6.04 Å². The van der Waals surface area contributed by atoms with Crippen molar-refractivity contribution >= 4 is 40.5 Å². The number of aliphatic imine (C=N–C) groups is 1. The van der Waals surface area contributed by atoms with Crippen LogP contribution in [-0.4, -0.2) is 30.6 Å². The van der Waals surface area contributed by atoms with Crippen molar-refractivity contribution < 1.29 is 9.59 Å². The van der Waals surface area contributed by atoms with Crippen LogP contribution in [0.15, 0.2) is 82.1 Å². The Kier molecular flexibility index (Phi) is 12.6. The summed E-state index contributed by atoms with van der Waals surface area (Å²) in [6.07, 6.45) is 4.92. The second-order valence-electron chi connectivity index (χ2n) is 9.58. The number of nitrogens with zero attached hydrogens (tertiary/aromatic N) is 3. The molecule has 0 spiro atoms. The van der Waals surface area contributed by atoms with Crippen LogP contribution < -0.4 is 15.5 Å². The highest BCUT2D eigenvalue weighted by Gasteiger charge is 2.32. The maximum atomic E-state index is 13.5. The minimum Gasteiger partial charge on any atom is -0.383 e. The summed E-state index contributed by atoms with van der Waals surface area (Å²) in [6, 6.07) is 12.9. The highest BCUT2D eigenvalue weighted by Crippen LogP contribution is 2.35. The molecule has 1 unspecified atom stereocenters. The molecule has 0 bridgehead atoms. The van der Waals surface area contributed by atoms with Crippen LogP contribution in [0.2, 0.25) is 0 Å². The number of Topliss-reactive ketones (excluding diaryl/α,β-unsaturated/α-hetero) is 1. The third-order valence-electron chi connectivity index (χ3n) is 7.06.